The van der Waals surface area contributed by atoms with Gasteiger partial charge in [-0.2, -0.15) is 0 Å². The van der Waals surface area contributed by atoms with E-state index in [1.54, 1.807) is 18.3 Å². The highest BCUT2D eigenvalue weighted by Crippen LogP contribution is 2.25. The van der Waals surface area contributed by atoms with Gasteiger partial charge in [0.2, 0.25) is 0 Å². The fourth-order valence-electron chi connectivity index (χ4n) is 2.37. The lowest BCUT2D eigenvalue weighted by atomic mass is 10.1. The van der Waals surface area contributed by atoms with Gasteiger partial charge in [0.25, 0.3) is 5.91 Å². The molecule has 126 valence electrons. The van der Waals surface area contributed by atoms with Crippen molar-refractivity contribution in [3.63, 3.8) is 0 Å². The summed E-state index contributed by atoms with van der Waals surface area (Å²) in [6.45, 7) is 4.05. The Bertz CT molecular complexity index is 924. The molecule has 4 nitrogen and oxygen atoms in total. The number of para-hydroxylation sites is 1. The van der Waals surface area contributed by atoms with Crippen LogP contribution in [-0.4, -0.2) is 10.9 Å². The molecule has 0 radical (unpaired) electrons. The largest absolute Gasteiger partial charge is 0.353 e. The molecular formula is C20H18ClN3O. The van der Waals surface area contributed by atoms with Gasteiger partial charge in [-0.25, -0.2) is 0 Å². The molecule has 0 aliphatic rings. The van der Waals surface area contributed by atoms with Crippen LogP contribution in [0.15, 0.2) is 60.9 Å². The summed E-state index contributed by atoms with van der Waals surface area (Å²) in [5.74, 6) is -0.210. The van der Waals surface area contributed by atoms with Gasteiger partial charge >= 0.3 is 0 Å². The molecule has 1 aromatic heterocycles. The molecule has 0 saturated carbocycles. The number of hydrogen-bond acceptors (Lipinski definition) is 3. The van der Waals surface area contributed by atoms with Gasteiger partial charge < -0.3 is 10.6 Å². The normalized spacial score (nSPS) is 10.4. The lowest BCUT2D eigenvalue weighted by Crippen LogP contribution is -2.12. The second-order valence-electron chi connectivity index (χ2n) is 5.82. The molecule has 0 saturated heterocycles. The predicted molar refractivity (Wildman–Crippen MR) is 103 cm³/mol. The molecule has 1 heterocycles. The van der Waals surface area contributed by atoms with Gasteiger partial charge in [0, 0.05) is 11.9 Å². The standard InChI is InChI=1S/C20H18ClN3O/c1-13-7-8-16(9-14(13)2)24-20(25)15-10-17(12-22-11-15)23-19-6-4-3-5-18(19)21/h3-12,23H,1-2H3,(H,24,25). The first-order chi connectivity index (χ1) is 12.0. The number of aromatic nitrogens is 1. The van der Waals surface area contributed by atoms with E-state index in [2.05, 4.69) is 15.6 Å². The number of hydrogen-bond donors (Lipinski definition) is 2. The molecule has 0 unspecified atom stereocenters. The van der Waals surface area contributed by atoms with Gasteiger partial charge in [-0.05, 0) is 55.3 Å². The zero-order valence-electron chi connectivity index (χ0n) is 14.0. The van der Waals surface area contributed by atoms with Gasteiger partial charge in [-0.1, -0.05) is 29.8 Å². The molecule has 0 atom stereocenters. The summed E-state index contributed by atoms with van der Waals surface area (Å²) < 4.78 is 0. The van der Waals surface area contributed by atoms with E-state index in [0.29, 0.717) is 16.3 Å². The summed E-state index contributed by atoms with van der Waals surface area (Å²) >= 11 is 6.15. The van der Waals surface area contributed by atoms with E-state index in [0.717, 1.165) is 16.9 Å². The first kappa shape index (κ1) is 17.0. The number of nitrogens with zero attached hydrogens (tertiary/aromatic N) is 1. The monoisotopic (exact) mass is 351 g/mol. The Morgan fingerprint density at radius 1 is 0.960 bits per heavy atom. The minimum absolute atomic E-state index is 0.210. The maximum absolute atomic E-state index is 12.5. The van der Waals surface area contributed by atoms with Crippen LogP contribution in [0.25, 0.3) is 0 Å². The highest BCUT2D eigenvalue weighted by Gasteiger charge is 2.09. The molecule has 5 heteroatoms. The van der Waals surface area contributed by atoms with E-state index in [4.69, 9.17) is 11.6 Å². The molecule has 0 fully saturated rings. The lowest BCUT2D eigenvalue weighted by Gasteiger charge is -2.10. The Balaban J connectivity index is 1.77. The molecule has 0 spiro atoms. The van der Waals surface area contributed by atoms with Gasteiger partial charge in [0.05, 0.1) is 28.2 Å². The summed E-state index contributed by atoms with van der Waals surface area (Å²) in [7, 11) is 0. The third-order valence-electron chi connectivity index (χ3n) is 3.92. The molecule has 2 aromatic carbocycles. The average molecular weight is 352 g/mol. The molecular weight excluding hydrogens is 334 g/mol. The molecule has 0 aliphatic heterocycles. The van der Waals surface area contributed by atoms with Crippen molar-refractivity contribution in [1.82, 2.24) is 4.98 Å². The summed E-state index contributed by atoms with van der Waals surface area (Å²) in [6.07, 6.45) is 3.18. The molecule has 0 bridgehead atoms. The van der Waals surface area contributed by atoms with Crippen molar-refractivity contribution >= 4 is 34.6 Å². The first-order valence-corrected chi connectivity index (χ1v) is 8.26. The number of benzene rings is 2. The van der Waals surface area contributed by atoms with Crippen LogP contribution in [0.5, 0.6) is 0 Å². The summed E-state index contributed by atoms with van der Waals surface area (Å²) in [5, 5.41) is 6.67. The van der Waals surface area contributed by atoms with Crippen molar-refractivity contribution in [3.8, 4) is 0 Å². The predicted octanol–water partition coefficient (Wildman–Crippen LogP) is 5.35. The second-order valence-corrected chi connectivity index (χ2v) is 6.23. The summed E-state index contributed by atoms with van der Waals surface area (Å²) in [6, 6.07) is 15.0. The van der Waals surface area contributed by atoms with Crippen molar-refractivity contribution in [2.75, 3.05) is 10.6 Å². The quantitative estimate of drug-likeness (QED) is 0.666. The third kappa shape index (κ3) is 4.17. The van der Waals surface area contributed by atoms with Gasteiger partial charge in [-0.3, -0.25) is 9.78 Å². The van der Waals surface area contributed by atoms with Crippen molar-refractivity contribution < 1.29 is 4.79 Å². The number of pyridine rings is 1. The summed E-state index contributed by atoms with van der Waals surface area (Å²) in [5.41, 5.74) is 5.00. The van der Waals surface area contributed by atoms with Crippen LogP contribution in [0.1, 0.15) is 21.5 Å². The van der Waals surface area contributed by atoms with E-state index in [1.165, 1.54) is 11.8 Å². The number of halogens is 1. The maximum Gasteiger partial charge on any atom is 0.257 e. The van der Waals surface area contributed by atoms with Crippen LogP contribution in [0.2, 0.25) is 5.02 Å². The summed E-state index contributed by atoms with van der Waals surface area (Å²) in [4.78, 5) is 16.6. The third-order valence-corrected chi connectivity index (χ3v) is 4.25. The van der Waals surface area contributed by atoms with Gasteiger partial charge in [0.15, 0.2) is 0 Å². The van der Waals surface area contributed by atoms with E-state index >= 15 is 0 Å². The van der Waals surface area contributed by atoms with Crippen molar-refractivity contribution in [2.24, 2.45) is 0 Å². The zero-order valence-corrected chi connectivity index (χ0v) is 14.8. The minimum atomic E-state index is -0.210. The SMILES string of the molecule is Cc1ccc(NC(=O)c2cncc(Nc3ccccc3Cl)c2)cc1C. The molecule has 25 heavy (non-hydrogen) atoms. The topological polar surface area (TPSA) is 54.0 Å². The number of carbonyl (C=O) groups is 1. The average Bonchev–Trinajstić information content (AvgIpc) is 2.60. The fourth-order valence-corrected chi connectivity index (χ4v) is 2.56. The molecule has 3 aromatic rings. The Kier molecular flexibility index (Phi) is 5.00. The van der Waals surface area contributed by atoms with Crippen molar-refractivity contribution in [3.05, 3.63) is 82.6 Å². The highest BCUT2D eigenvalue weighted by molar-refractivity contribution is 6.33. The number of amides is 1. The van der Waals surface area contributed by atoms with E-state index in [-0.39, 0.29) is 5.91 Å². The van der Waals surface area contributed by atoms with E-state index in [9.17, 15) is 4.79 Å². The fraction of sp³-hybridized carbons (Fsp3) is 0.100. The lowest BCUT2D eigenvalue weighted by molar-refractivity contribution is 0.102. The number of carbonyl (C=O) groups excluding carboxylic acids is 1. The maximum atomic E-state index is 12.5. The second kappa shape index (κ2) is 7.36. The smallest absolute Gasteiger partial charge is 0.257 e. The van der Waals surface area contributed by atoms with Crippen LogP contribution in [0.3, 0.4) is 0 Å². The highest BCUT2D eigenvalue weighted by atomic mass is 35.5. The first-order valence-electron chi connectivity index (χ1n) is 7.88. The zero-order chi connectivity index (χ0) is 17.8. The minimum Gasteiger partial charge on any atom is -0.353 e. The number of aryl methyl sites for hydroxylation is 2. The van der Waals surface area contributed by atoms with Crippen LogP contribution in [0.4, 0.5) is 17.1 Å². The van der Waals surface area contributed by atoms with Crippen LogP contribution in [0, 0.1) is 13.8 Å². The number of nitrogens with one attached hydrogen (secondary N) is 2. The van der Waals surface area contributed by atoms with Crippen LogP contribution in [-0.2, 0) is 0 Å². The Labute approximate surface area is 151 Å². The Morgan fingerprint density at radius 3 is 2.52 bits per heavy atom. The Morgan fingerprint density at radius 2 is 1.76 bits per heavy atom. The molecule has 3 rings (SSSR count). The molecule has 2 N–H and O–H groups in total. The van der Waals surface area contributed by atoms with Gasteiger partial charge in [0.1, 0.15) is 0 Å². The van der Waals surface area contributed by atoms with Gasteiger partial charge in [-0.15, -0.1) is 0 Å². The number of rotatable bonds is 4. The van der Waals surface area contributed by atoms with E-state index in [1.807, 2.05) is 50.2 Å². The van der Waals surface area contributed by atoms with Crippen LogP contribution >= 0.6 is 11.6 Å². The van der Waals surface area contributed by atoms with Crippen molar-refractivity contribution in [2.45, 2.75) is 13.8 Å². The number of anilines is 3. The molecule has 0 aliphatic carbocycles. The van der Waals surface area contributed by atoms with Crippen LogP contribution < -0.4 is 10.6 Å². The Hall–Kier alpha value is -2.85. The van der Waals surface area contributed by atoms with E-state index < -0.39 is 0 Å². The van der Waals surface area contributed by atoms with Crippen molar-refractivity contribution in [1.29, 1.82) is 0 Å². The molecule has 1 amide bonds.